The quantitative estimate of drug-likeness (QED) is 0.810. The second kappa shape index (κ2) is 4.00. The first-order valence-electron chi connectivity index (χ1n) is 5.50. The van der Waals surface area contributed by atoms with Crippen molar-refractivity contribution in [3.8, 4) is 0 Å². The summed E-state index contributed by atoms with van der Waals surface area (Å²) in [5.74, 6) is -0.286. The normalized spacial score (nSPS) is 10.9. The Labute approximate surface area is 94.6 Å². The van der Waals surface area contributed by atoms with Gasteiger partial charge < -0.3 is 10.7 Å². The van der Waals surface area contributed by atoms with Crippen molar-refractivity contribution < 1.29 is 4.79 Å². The number of carbonyl (C=O) groups excluding carboxylic acids is 1. The summed E-state index contributed by atoms with van der Waals surface area (Å²) in [6.45, 7) is 4.10. The Bertz CT molecular complexity index is 540. The predicted molar refractivity (Wildman–Crippen MR) is 65.3 cm³/mol. The number of aromatic amines is 1. The van der Waals surface area contributed by atoms with E-state index in [1.807, 2.05) is 6.92 Å². The lowest BCUT2D eigenvalue weighted by Crippen LogP contribution is -2.14. The van der Waals surface area contributed by atoms with Gasteiger partial charge in [0.05, 0.1) is 6.42 Å². The molecule has 0 aliphatic heterocycles. The van der Waals surface area contributed by atoms with E-state index in [1.54, 1.807) is 0 Å². The Morgan fingerprint density at radius 3 is 2.81 bits per heavy atom. The van der Waals surface area contributed by atoms with Gasteiger partial charge in [-0.25, -0.2) is 0 Å². The van der Waals surface area contributed by atoms with Gasteiger partial charge in [0.2, 0.25) is 5.91 Å². The molecular formula is C13H16N2O. The molecule has 3 heteroatoms. The van der Waals surface area contributed by atoms with Gasteiger partial charge in [0.1, 0.15) is 0 Å². The van der Waals surface area contributed by atoms with E-state index in [2.05, 4.69) is 30.1 Å². The molecule has 0 fully saturated rings. The molecule has 0 aliphatic carbocycles. The molecule has 84 valence electrons. The van der Waals surface area contributed by atoms with Crippen molar-refractivity contribution in [1.29, 1.82) is 0 Å². The van der Waals surface area contributed by atoms with Crippen LogP contribution >= 0.6 is 0 Å². The number of aryl methyl sites for hydroxylation is 2. The zero-order valence-electron chi connectivity index (χ0n) is 9.63. The maximum Gasteiger partial charge on any atom is 0.221 e. The van der Waals surface area contributed by atoms with Crippen LogP contribution in [-0.2, 0) is 17.6 Å². The number of amides is 1. The van der Waals surface area contributed by atoms with Crippen molar-refractivity contribution in [3.05, 3.63) is 35.0 Å². The van der Waals surface area contributed by atoms with Gasteiger partial charge in [-0.1, -0.05) is 13.0 Å². The number of H-pyrrole nitrogens is 1. The Balaban J connectivity index is 2.61. The first-order chi connectivity index (χ1) is 7.61. The zero-order chi connectivity index (χ0) is 11.7. The molecule has 3 N–H and O–H groups in total. The number of rotatable bonds is 3. The van der Waals surface area contributed by atoms with Gasteiger partial charge in [-0.05, 0) is 36.6 Å². The highest BCUT2D eigenvalue weighted by molar-refractivity contribution is 5.90. The third-order valence-corrected chi connectivity index (χ3v) is 2.94. The molecule has 3 nitrogen and oxygen atoms in total. The number of nitrogens with two attached hydrogens (primary N) is 1. The molecule has 1 amide bonds. The summed E-state index contributed by atoms with van der Waals surface area (Å²) in [4.78, 5) is 14.3. The standard InChI is InChI=1S/C13H16N2O/c1-3-9-4-5-12-11(6-9)10(7-13(14)16)8(2)15-12/h4-6,15H,3,7H2,1-2H3,(H2,14,16). The molecule has 1 heterocycles. The smallest absolute Gasteiger partial charge is 0.221 e. The molecule has 0 radical (unpaired) electrons. The topological polar surface area (TPSA) is 58.9 Å². The average Bonchev–Trinajstić information content (AvgIpc) is 2.54. The highest BCUT2D eigenvalue weighted by Crippen LogP contribution is 2.23. The van der Waals surface area contributed by atoms with E-state index >= 15 is 0 Å². The molecule has 0 bridgehead atoms. The summed E-state index contributed by atoms with van der Waals surface area (Å²) < 4.78 is 0. The van der Waals surface area contributed by atoms with E-state index in [4.69, 9.17) is 5.73 Å². The number of primary amides is 1. The molecule has 0 unspecified atom stereocenters. The second-order valence-electron chi connectivity index (χ2n) is 4.11. The summed E-state index contributed by atoms with van der Waals surface area (Å²) in [5.41, 5.74) is 9.67. The van der Waals surface area contributed by atoms with Gasteiger partial charge in [-0.3, -0.25) is 4.79 Å². The minimum Gasteiger partial charge on any atom is -0.369 e. The van der Waals surface area contributed by atoms with Crippen molar-refractivity contribution in [2.45, 2.75) is 26.7 Å². The Morgan fingerprint density at radius 2 is 2.19 bits per heavy atom. The summed E-state index contributed by atoms with van der Waals surface area (Å²) in [6, 6.07) is 6.30. The van der Waals surface area contributed by atoms with E-state index < -0.39 is 0 Å². The Hall–Kier alpha value is -1.77. The van der Waals surface area contributed by atoms with E-state index in [1.165, 1.54) is 5.56 Å². The predicted octanol–water partition coefficient (Wildman–Crippen LogP) is 2.07. The van der Waals surface area contributed by atoms with Crippen LogP contribution in [0.15, 0.2) is 18.2 Å². The Kier molecular flexibility index (Phi) is 2.69. The van der Waals surface area contributed by atoms with Gasteiger partial charge in [0.25, 0.3) is 0 Å². The molecular weight excluding hydrogens is 200 g/mol. The molecule has 0 atom stereocenters. The first-order valence-corrected chi connectivity index (χ1v) is 5.50. The van der Waals surface area contributed by atoms with Crippen LogP contribution < -0.4 is 5.73 Å². The van der Waals surface area contributed by atoms with Crippen molar-refractivity contribution in [2.75, 3.05) is 0 Å². The third-order valence-electron chi connectivity index (χ3n) is 2.94. The minimum atomic E-state index is -0.286. The van der Waals surface area contributed by atoms with Gasteiger partial charge in [-0.15, -0.1) is 0 Å². The summed E-state index contributed by atoms with van der Waals surface area (Å²) in [5, 5.41) is 1.12. The van der Waals surface area contributed by atoms with Gasteiger partial charge in [0.15, 0.2) is 0 Å². The van der Waals surface area contributed by atoms with Crippen LogP contribution in [0.1, 0.15) is 23.7 Å². The molecule has 2 aromatic rings. The fraction of sp³-hybridized carbons (Fsp3) is 0.308. The largest absolute Gasteiger partial charge is 0.369 e. The fourth-order valence-corrected chi connectivity index (χ4v) is 2.05. The number of benzene rings is 1. The monoisotopic (exact) mass is 216 g/mol. The maximum absolute atomic E-state index is 11.0. The lowest BCUT2D eigenvalue weighted by Gasteiger charge is -2.00. The highest BCUT2D eigenvalue weighted by atomic mass is 16.1. The van der Waals surface area contributed by atoms with Crippen LogP contribution in [-0.4, -0.2) is 10.9 Å². The lowest BCUT2D eigenvalue weighted by atomic mass is 10.0. The van der Waals surface area contributed by atoms with Crippen molar-refractivity contribution in [2.24, 2.45) is 5.73 Å². The molecule has 16 heavy (non-hydrogen) atoms. The number of aromatic nitrogens is 1. The fourth-order valence-electron chi connectivity index (χ4n) is 2.05. The molecule has 0 saturated carbocycles. The SMILES string of the molecule is CCc1ccc2[nH]c(C)c(CC(N)=O)c2c1. The molecule has 1 aromatic heterocycles. The maximum atomic E-state index is 11.0. The summed E-state index contributed by atoms with van der Waals surface area (Å²) in [7, 11) is 0. The molecule has 0 saturated heterocycles. The van der Waals surface area contributed by atoms with Crippen LogP contribution in [0.3, 0.4) is 0 Å². The summed E-state index contributed by atoms with van der Waals surface area (Å²) >= 11 is 0. The average molecular weight is 216 g/mol. The van der Waals surface area contributed by atoms with Crippen molar-refractivity contribution in [1.82, 2.24) is 4.98 Å². The van der Waals surface area contributed by atoms with Crippen LogP contribution in [0, 0.1) is 6.92 Å². The number of hydrogen-bond donors (Lipinski definition) is 2. The van der Waals surface area contributed by atoms with Crippen LogP contribution in [0.25, 0.3) is 10.9 Å². The molecule has 0 aliphatic rings. The highest BCUT2D eigenvalue weighted by Gasteiger charge is 2.10. The number of hydrogen-bond acceptors (Lipinski definition) is 1. The molecule has 0 spiro atoms. The first kappa shape index (κ1) is 10.7. The van der Waals surface area contributed by atoms with E-state index in [0.717, 1.165) is 28.6 Å². The number of nitrogens with one attached hydrogen (secondary N) is 1. The number of carbonyl (C=O) groups is 1. The van der Waals surface area contributed by atoms with Gasteiger partial charge in [-0.2, -0.15) is 0 Å². The lowest BCUT2D eigenvalue weighted by molar-refractivity contribution is -0.117. The second-order valence-corrected chi connectivity index (χ2v) is 4.11. The van der Waals surface area contributed by atoms with Crippen LogP contribution in [0.5, 0.6) is 0 Å². The van der Waals surface area contributed by atoms with E-state index in [0.29, 0.717) is 6.42 Å². The van der Waals surface area contributed by atoms with Crippen LogP contribution in [0.2, 0.25) is 0 Å². The molecule has 2 rings (SSSR count). The third kappa shape index (κ3) is 1.81. The number of fused-ring (bicyclic) bond motifs is 1. The van der Waals surface area contributed by atoms with E-state index in [9.17, 15) is 4.79 Å². The zero-order valence-corrected chi connectivity index (χ0v) is 9.63. The van der Waals surface area contributed by atoms with Crippen molar-refractivity contribution >= 4 is 16.8 Å². The van der Waals surface area contributed by atoms with E-state index in [-0.39, 0.29) is 5.91 Å². The van der Waals surface area contributed by atoms with Crippen molar-refractivity contribution in [3.63, 3.8) is 0 Å². The molecule has 1 aromatic carbocycles. The summed E-state index contributed by atoms with van der Waals surface area (Å²) in [6.07, 6.45) is 1.30. The van der Waals surface area contributed by atoms with Gasteiger partial charge in [0, 0.05) is 16.6 Å². The van der Waals surface area contributed by atoms with Gasteiger partial charge >= 0.3 is 0 Å². The minimum absolute atomic E-state index is 0.286. The van der Waals surface area contributed by atoms with Crippen LogP contribution in [0.4, 0.5) is 0 Å². The Morgan fingerprint density at radius 1 is 1.44 bits per heavy atom.